The van der Waals surface area contributed by atoms with Crippen LogP contribution in [0.4, 0.5) is 9.18 Å². The zero-order valence-electron chi connectivity index (χ0n) is 34.1. The molecule has 318 valence electrons. The number of sulfonamides is 1. The number of aryl methyl sites for hydroxylation is 1. The number of halogens is 1. The normalized spacial score (nSPS) is 32.0. The van der Waals surface area contributed by atoms with Crippen molar-refractivity contribution < 1.29 is 41.8 Å². The van der Waals surface area contributed by atoms with Gasteiger partial charge < -0.3 is 20.1 Å². The second kappa shape index (κ2) is 14.4. The van der Waals surface area contributed by atoms with Crippen molar-refractivity contribution in [3.63, 3.8) is 0 Å². The molecule has 59 heavy (non-hydrogen) atoms. The molecule has 2 aromatic rings. The summed E-state index contributed by atoms with van der Waals surface area (Å²) < 4.78 is 50.1. The highest BCUT2D eigenvalue weighted by atomic mass is 32.2. The molecule has 15 heteroatoms. The molecule has 3 N–H and O–H groups in total. The summed E-state index contributed by atoms with van der Waals surface area (Å²) in [6, 6.07) is 2.66. The quantitative estimate of drug-likeness (QED) is 0.279. The molecule has 1 aromatic heterocycles. The minimum atomic E-state index is -4.02. The Balaban J connectivity index is 1.11. The van der Waals surface area contributed by atoms with E-state index in [1.165, 1.54) is 15.9 Å². The molecule has 1 saturated heterocycles. The number of nitrogens with one attached hydrogen (secondary N) is 2. The maximum Gasteiger partial charge on any atom is 0.408 e. The summed E-state index contributed by atoms with van der Waals surface area (Å²) in [5, 5.41) is 14.5. The van der Waals surface area contributed by atoms with E-state index in [0.717, 1.165) is 50.5 Å². The van der Waals surface area contributed by atoms with Crippen molar-refractivity contribution in [2.24, 2.45) is 5.92 Å². The maximum atomic E-state index is 15.4. The first-order valence-electron chi connectivity index (χ1n) is 21.8. The van der Waals surface area contributed by atoms with Crippen LogP contribution in [0.5, 0.6) is 5.75 Å². The Morgan fingerprint density at radius 1 is 1.00 bits per heavy atom. The number of amides is 4. The number of aromatic nitrogens is 1. The Labute approximate surface area is 344 Å². The lowest BCUT2D eigenvalue weighted by molar-refractivity contribution is -0.145. The van der Waals surface area contributed by atoms with Crippen molar-refractivity contribution >= 4 is 44.7 Å². The SMILES string of the molecule is CC1(N(C(=O)O)[C@H]2CCCCC/C=C\[C@@H]3C[C@@]3(C(=O)NS(=O)(=O)C3(C)CC3)NC(=O)[C@@H]3C[C@]4(CCc5c(c(C6CC6)nc6c(F)cccc56)O4)CN3C2=O)CCCCC1. The highest BCUT2D eigenvalue weighted by Crippen LogP contribution is 2.52. The number of ether oxygens (including phenoxy) is 1. The molecule has 4 aliphatic carbocycles. The highest BCUT2D eigenvalue weighted by Gasteiger charge is 2.64. The van der Waals surface area contributed by atoms with Crippen molar-refractivity contribution in [1.82, 2.24) is 24.8 Å². The van der Waals surface area contributed by atoms with Crippen molar-refractivity contribution in [1.29, 1.82) is 0 Å². The van der Waals surface area contributed by atoms with Gasteiger partial charge in [-0.15, -0.1) is 0 Å². The van der Waals surface area contributed by atoms with E-state index in [1.807, 2.05) is 25.1 Å². The first-order valence-corrected chi connectivity index (χ1v) is 23.3. The molecule has 4 amide bonds. The minimum absolute atomic E-state index is 0.00934. The molecule has 4 saturated carbocycles. The molecule has 1 aromatic carbocycles. The second-order valence-corrected chi connectivity index (χ2v) is 21.3. The van der Waals surface area contributed by atoms with Crippen LogP contribution in [-0.2, 0) is 30.8 Å². The standard InChI is InChI=1S/C44H56FN5O8S/c1-41(19-9-6-10-20-41)50(40(54)55)32-15-8-5-3-4-7-12-28-24-44(28,39(53)48-59(56,57)42(2)22-23-42)47-37(51)33-25-43(26-49(33)38(32)52)21-18-30-29-13-11-14-31(45)35(29)46-34(27-16-17-27)36(30)58-43/h7,11-14,27-28,32-33H,3-6,8-10,15-26H2,1-2H3,(H,47,51)(H,48,53)(H,54,55)/b12-7-/t28-,32+,33+,43-,44-/m1/s1. The molecule has 5 atom stereocenters. The number of fused-ring (bicyclic) bond motifs is 5. The molecule has 9 rings (SSSR count). The summed E-state index contributed by atoms with van der Waals surface area (Å²) in [4.78, 5) is 65.4. The van der Waals surface area contributed by atoms with Crippen molar-refractivity contribution in [3.05, 3.63) is 47.4 Å². The van der Waals surface area contributed by atoms with Crippen LogP contribution >= 0.6 is 0 Å². The van der Waals surface area contributed by atoms with Crippen LogP contribution in [0.1, 0.15) is 140 Å². The van der Waals surface area contributed by atoms with Gasteiger partial charge in [0.2, 0.25) is 21.8 Å². The van der Waals surface area contributed by atoms with Gasteiger partial charge in [-0.05, 0) is 97.0 Å². The number of nitrogens with zero attached hydrogens (tertiary/aromatic N) is 3. The number of allylic oxidation sites excluding steroid dienone is 1. The van der Waals surface area contributed by atoms with E-state index in [1.54, 1.807) is 13.0 Å². The fourth-order valence-electron chi connectivity index (χ4n) is 10.6. The molecule has 13 nitrogen and oxygen atoms in total. The van der Waals surface area contributed by atoms with Gasteiger partial charge in [-0.25, -0.2) is 22.6 Å². The number of rotatable bonds is 6. The lowest BCUT2D eigenvalue weighted by Crippen LogP contribution is -2.62. The predicted octanol–water partition coefficient (Wildman–Crippen LogP) is 6.38. The number of benzene rings is 1. The molecule has 0 unspecified atom stereocenters. The summed E-state index contributed by atoms with van der Waals surface area (Å²) in [5.41, 5.74) is -1.59. The predicted molar refractivity (Wildman–Crippen MR) is 217 cm³/mol. The molecule has 1 spiro atoms. The average Bonchev–Trinajstić information content (AvgIpc) is 4.13. The van der Waals surface area contributed by atoms with E-state index in [4.69, 9.17) is 9.72 Å². The molecule has 0 bridgehead atoms. The molecule has 3 aliphatic heterocycles. The zero-order valence-corrected chi connectivity index (χ0v) is 34.9. The maximum absolute atomic E-state index is 15.4. The van der Waals surface area contributed by atoms with E-state index in [9.17, 15) is 27.9 Å². The van der Waals surface area contributed by atoms with Crippen LogP contribution < -0.4 is 14.8 Å². The Kier molecular flexibility index (Phi) is 9.82. The van der Waals surface area contributed by atoms with Gasteiger partial charge in [0.25, 0.3) is 5.91 Å². The Morgan fingerprint density at radius 2 is 1.75 bits per heavy atom. The number of pyridine rings is 1. The van der Waals surface area contributed by atoms with Gasteiger partial charge >= 0.3 is 6.09 Å². The summed E-state index contributed by atoms with van der Waals surface area (Å²) in [6.45, 7) is 3.51. The van der Waals surface area contributed by atoms with Crippen molar-refractivity contribution in [2.45, 2.75) is 169 Å². The van der Waals surface area contributed by atoms with Crippen LogP contribution in [0.2, 0.25) is 0 Å². The van der Waals surface area contributed by atoms with Crippen molar-refractivity contribution in [2.75, 3.05) is 6.54 Å². The lowest BCUT2D eigenvalue weighted by atomic mass is 9.80. The Morgan fingerprint density at radius 3 is 2.46 bits per heavy atom. The molecule has 7 aliphatic rings. The van der Waals surface area contributed by atoms with E-state index in [0.29, 0.717) is 73.7 Å². The van der Waals surface area contributed by atoms with Gasteiger partial charge in [0.1, 0.15) is 40.3 Å². The first-order chi connectivity index (χ1) is 28.1. The summed E-state index contributed by atoms with van der Waals surface area (Å²) in [7, 11) is -4.02. The molecule has 5 fully saturated rings. The number of carboxylic acid groups (broad SMARTS) is 1. The van der Waals surface area contributed by atoms with Crippen molar-refractivity contribution in [3.8, 4) is 5.75 Å². The van der Waals surface area contributed by atoms with Gasteiger partial charge in [0.05, 0.1) is 17.0 Å². The second-order valence-electron chi connectivity index (χ2n) is 19.1. The average molecular weight is 834 g/mol. The molecular formula is C44H56FN5O8S. The number of carbonyl (C=O) groups excluding carboxylic acids is 3. The first kappa shape index (κ1) is 40.2. The summed E-state index contributed by atoms with van der Waals surface area (Å²) in [6.07, 6.45) is 13.4. The zero-order chi connectivity index (χ0) is 41.5. The number of hydrogen-bond acceptors (Lipinski definition) is 8. The number of para-hydroxylation sites is 1. The smallest absolute Gasteiger partial charge is 0.408 e. The van der Waals surface area contributed by atoms with Crippen LogP contribution in [0.25, 0.3) is 10.9 Å². The minimum Gasteiger partial charge on any atom is -0.483 e. The Bertz CT molecular complexity index is 2240. The van der Waals surface area contributed by atoms with Crippen LogP contribution in [0, 0.1) is 11.7 Å². The number of carbonyl (C=O) groups is 4. The van der Waals surface area contributed by atoms with Gasteiger partial charge in [0, 0.05) is 34.7 Å². The molecule has 4 heterocycles. The van der Waals surface area contributed by atoms with Gasteiger partial charge in [0.15, 0.2) is 0 Å². The third-order valence-corrected chi connectivity index (χ3v) is 16.9. The van der Waals surface area contributed by atoms with Gasteiger partial charge in [-0.1, -0.05) is 56.4 Å². The van der Waals surface area contributed by atoms with Crippen LogP contribution in [0.3, 0.4) is 0 Å². The Hall–Kier alpha value is -4.27. The van der Waals surface area contributed by atoms with Crippen LogP contribution in [0.15, 0.2) is 30.4 Å². The summed E-state index contributed by atoms with van der Waals surface area (Å²) >= 11 is 0. The van der Waals surface area contributed by atoms with E-state index in [2.05, 4.69) is 10.0 Å². The van der Waals surface area contributed by atoms with E-state index < -0.39 is 79.1 Å². The lowest BCUT2D eigenvalue weighted by Gasteiger charge is -2.47. The van der Waals surface area contributed by atoms with Gasteiger partial charge in [-0.2, -0.15) is 0 Å². The van der Waals surface area contributed by atoms with E-state index in [-0.39, 0.29) is 31.7 Å². The third-order valence-electron chi connectivity index (χ3n) is 14.8. The highest BCUT2D eigenvalue weighted by molar-refractivity contribution is 7.91. The topological polar surface area (TPSA) is 175 Å². The van der Waals surface area contributed by atoms with Crippen LogP contribution in [-0.4, -0.2) is 92.2 Å². The third kappa shape index (κ3) is 7.06. The largest absolute Gasteiger partial charge is 0.483 e. The molecule has 0 radical (unpaired) electrons. The van der Waals surface area contributed by atoms with E-state index >= 15 is 9.18 Å². The number of hydrogen-bond donors (Lipinski definition) is 3. The van der Waals surface area contributed by atoms with Gasteiger partial charge in [-0.3, -0.25) is 24.0 Å². The molecular weight excluding hydrogens is 778 g/mol. The fourth-order valence-corrected chi connectivity index (χ4v) is 11.9. The summed E-state index contributed by atoms with van der Waals surface area (Å²) in [5.74, 6) is -2.11. The monoisotopic (exact) mass is 833 g/mol. The fraction of sp³-hybridized carbons (Fsp3) is 0.659.